The van der Waals surface area contributed by atoms with Crippen LogP contribution in [0.15, 0.2) is 0 Å². The molecular weight excluding hydrogens is 1390 g/mol. The zero-order valence-corrected chi connectivity index (χ0v) is 73.5. The predicted molar refractivity (Wildman–Crippen MR) is 424 cm³/mol. The van der Waals surface area contributed by atoms with Crippen LogP contribution in [-0.2, 0) is 57.5 Å². The van der Waals surface area contributed by atoms with Crippen LogP contribution in [0.4, 0.5) is 0 Å². The smallest absolute Gasteiger partial charge is 0.317 e. The summed E-state index contributed by atoms with van der Waals surface area (Å²) in [6.45, 7) is 71.2. The molecule has 2 aliphatic rings. The molecule has 2 fully saturated rings. The average Bonchev–Trinajstić information content (AvgIpc) is 1.65. The molecule has 100 heavy (non-hydrogen) atoms. The molecule has 2 heterocycles. The maximum absolute atomic E-state index is 12.1. The Morgan fingerprint density at radius 2 is 0.580 bits per heavy atom. The van der Waals surface area contributed by atoms with Gasteiger partial charge in [0.05, 0.1) is 10.5 Å². The van der Waals surface area contributed by atoms with Gasteiger partial charge in [0.25, 0.3) is 0 Å². The third-order valence-electron chi connectivity index (χ3n) is 12.5. The quantitative estimate of drug-likeness (QED) is 0.0578. The van der Waals surface area contributed by atoms with Crippen LogP contribution in [0.3, 0.4) is 0 Å². The van der Waals surface area contributed by atoms with Gasteiger partial charge in [-0.15, -0.1) is 47.0 Å². The molecule has 0 aromatic heterocycles. The number of Topliss-reactive ketones (excluding diaryl/α,β-unsaturated/α-hetero) is 4. The van der Waals surface area contributed by atoms with Crippen LogP contribution >= 0.6 is 70.6 Å². The van der Waals surface area contributed by atoms with Gasteiger partial charge in [-0.05, 0) is 63.2 Å². The summed E-state index contributed by atoms with van der Waals surface area (Å²) in [5.74, 6) is -5.26. The summed E-state index contributed by atoms with van der Waals surface area (Å²) in [6, 6.07) is 0. The molecule has 24 heteroatoms. The Kier molecular flexibility index (Phi) is 42.5. The van der Waals surface area contributed by atoms with Crippen molar-refractivity contribution in [3.63, 3.8) is 0 Å². The fraction of sp³-hybridized carbons (Fsp3) is 0.842. The molecule has 6 unspecified atom stereocenters. The number of carbonyl (C=O) groups excluding carboxylic acids is 8. The van der Waals surface area contributed by atoms with Crippen molar-refractivity contribution < 1.29 is 78.0 Å². The first kappa shape index (κ1) is 103. The minimum Gasteiger partial charge on any atom is -0.481 e. The number of nitrogens with zero attached hydrogens (tertiary/aromatic N) is 2. The van der Waals surface area contributed by atoms with Crippen molar-refractivity contribution in [3.05, 3.63) is 0 Å². The van der Waals surface area contributed by atoms with E-state index in [0.29, 0.717) is 50.0 Å². The maximum atomic E-state index is 12.1. The van der Waals surface area contributed by atoms with E-state index in [4.69, 9.17) is 20.4 Å². The number of hydrogen-bond acceptors (Lipinski definition) is 18. The van der Waals surface area contributed by atoms with Crippen LogP contribution in [-0.4, -0.2) is 173 Å². The number of carbonyl (C=O) groups is 12. The van der Waals surface area contributed by atoms with E-state index >= 15 is 0 Å². The van der Waals surface area contributed by atoms with E-state index in [9.17, 15) is 57.5 Å². The highest BCUT2D eigenvalue weighted by Gasteiger charge is 2.47. The zero-order valence-electron chi connectivity index (χ0n) is 68.6. The van der Waals surface area contributed by atoms with Gasteiger partial charge in [-0.3, -0.25) is 67.3 Å². The first-order valence-electron chi connectivity index (χ1n) is 34.4. The molecule has 2 aliphatic heterocycles. The second-order valence-corrected chi connectivity index (χ2v) is 50.2. The van der Waals surface area contributed by atoms with Crippen molar-refractivity contribution in [1.82, 2.24) is 9.80 Å². The topological polar surface area (TPSA) is 292 Å². The Bertz CT molecular complexity index is 2530. The number of carboxylic acid groups (broad SMARTS) is 4. The summed E-state index contributed by atoms with van der Waals surface area (Å²) in [5.41, 5.74) is -1.27. The average molecular weight is 1530 g/mol. The SMILES string of the molecule is CC(C)(C)CC(=O)C(CSC(C)(C)C)C(=O)O.CC(C)(C)CC(=O)C(CSC(C)(C)C)C(=O)O.CC(C)(C)CC(=O)CC(SC(C)(C)C)C(=O)O.CC(C)(C)CC(=O)CC(SC(C)(C)C)C(=O)O.CC(C)(C)SC1CC(=O)N(C(C)(C)C)C1=O.CC(C)(C)SC1CC(=O)N(C(C)(C)C)C1=O. The number of likely N-dealkylation sites (tertiary alicyclic amines) is 2. The van der Waals surface area contributed by atoms with Gasteiger partial charge < -0.3 is 20.4 Å². The Labute approximate surface area is 631 Å². The molecule has 2 rings (SSSR count). The van der Waals surface area contributed by atoms with Crippen LogP contribution in [0.2, 0.25) is 0 Å². The summed E-state index contributed by atoms with van der Waals surface area (Å²) < 4.78 is -0.315. The van der Waals surface area contributed by atoms with E-state index < -0.39 is 57.3 Å². The molecular formula is C76H138N2O16S6. The second-order valence-electron chi connectivity index (χ2n) is 38.4. The van der Waals surface area contributed by atoms with Gasteiger partial charge in [-0.1, -0.05) is 208 Å². The number of imide groups is 2. The third-order valence-corrected chi connectivity index (χ3v) is 20.7. The summed E-state index contributed by atoms with van der Waals surface area (Å²) >= 11 is 8.90. The second kappa shape index (κ2) is 41.2. The van der Waals surface area contributed by atoms with Gasteiger partial charge in [-0.2, -0.15) is 23.5 Å². The number of ketones is 4. The van der Waals surface area contributed by atoms with Crippen LogP contribution in [0.1, 0.15) is 301 Å². The first-order chi connectivity index (χ1) is 43.7. The van der Waals surface area contributed by atoms with Crippen molar-refractivity contribution in [2.45, 2.75) is 361 Å². The fourth-order valence-corrected chi connectivity index (χ4v) is 16.2. The molecule has 2 saturated heterocycles. The van der Waals surface area contributed by atoms with Gasteiger partial charge in [0.2, 0.25) is 23.6 Å². The van der Waals surface area contributed by atoms with Crippen LogP contribution in [0.25, 0.3) is 0 Å². The third kappa shape index (κ3) is 53.7. The Balaban J connectivity index is -0.000000553. The van der Waals surface area contributed by atoms with Crippen molar-refractivity contribution in [2.75, 3.05) is 11.5 Å². The standard InChI is InChI=1S/4C13H24O3S.2C12H21NO2S/c2*1-12(2,3)7-10(14)9(11(15)16)8-17-13(4,5)6;2*1-12(2,3)8-9(14)7-10(11(15)16)17-13(4,5)6;2*1-11(2,3)13-9(14)7-8(10(13)15)16-12(4,5)6/h2*9H,7-8H2,1-6H3,(H,15,16);2*10H,7-8H2,1-6H3,(H,15,16);2*8H,7H2,1-6H3. The maximum Gasteiger partial charge on any atom is 0.317 e. The van der Waals surface area contributed by atoms with E-state index in [2.05, 4.69) is 41.5 Å². The molecule has 0 aliphatic carbocycles. The molecule has 0 aromatic carbocycles. The molecule has 0 aromatic rings. The number of carboxylic acids is 4. The molecule has 0 saturated carbocycles. The lowest BCUT2D eigenvalue weighted by molar-refractivity contribution is -0.147. The van der Waals surface area contributed by atoms with E-state index in [1.807, 2.05) is 208 Å². The van der Waals surface area contributed by atoms with Crippen LogP contribution in [0, 0.1) is 33.5 Å². The normalized spacial score (nSPS) is 17.2. The highest BCUT2D eigenvalue weighted by molar-refractivity contribution is 8.03. The molecule has 4 amide bonds. The van der Waals surface area contributed by atoms with Crippen molar-refractivity contribution in [3.8, 4) is 0 Å². The lowest BCUT2D eigenvalue weighted by Gasteiger charge is -2.30. The summed E-state index contributed by atoms with van der Waals surface area (Å²) in [5, 5.41) is 34.8. The minimum atomic E-state index is -1.00. The van der Waals surface area contributed by atoms with Gasteiger partial charge in [-0.25, -0.2) is 0 Å². The van der Waals surface area contributed by atoms with E-state index in [-0.39, 0.29) is 120 Å². The summed E-state index contributed by atoms with van der Waals surface area (Å²) in [6.07, 6.45) is 2.42. The zero-order chi connectivity index (χ0) is 80.9. The fourth-order valence-electron chi connectivity index (χ4n) is 9.17. The van der Waals surface area contributed by atoms with Crippen LogP contribution in [0.5, 0.6) is 0 Å². The Morgan fingerprint density at radius 3 is 0.730 bits per heavy atom. The minimum absolute atomic E-state index is 0.00843. The van der Waals surface area contributed by atoms with E-state index in [1.54, 1.807) is 23.5 Å². The molecule has 584 valence electrons. The monoisotopic (exact) mass is 1530 g/mol. The summed E-state index contributed by atoms with van der Waals surface area (Å²) in [7, 11) is 0. The molecule has 0 radical (unpaired) electrons. The largest absolute Gasteiger partial charge is 0.481 e. The highest BCUT2D eigenvalue weighted by Crippen LogP contribution is 2.40. The number of amides is 4. The molecule has 18 nitrogen and oxygen atoms in total. The lowest BCUT2D eigenvalue weighted by Crippen LogP contribution is -2.46. The highest BCUT2D eigenvalue weighted by atomic mass is 32.2. The molecule has 0 bridgehead atoms. The molecule has 4 N–H and O–H groups in total. The summed E-state index contributed by atoms with van der Waals surface area (Å²) in [4.78, 5) is 143. The van der Waals surface area contributed by atoms with Crippen molar-refractivity contribution in [2.24, 2.45) is 33.5 Å². The van der Waals surface area contributed by atoms with Gasteiger partial charge in [0.1, 0.15) is 45.5 Å². The Hall–Kier alpha value is -3.06. The van der Waals surface area contributed by atoms with E-state index in [0.717, 1.165) is 0 Å². The molecule has 6 atom stereocenters. The Morgan fingerprint density at radius 1 is 0.350 bits per heavy atom. The van der Waals surface area contributed by atoms with Crippen LogP contribution < -0.4 is 0 Å². The van der Waals surface area contributed by atoms with E-state index in [1.165, 1.54) is 56.8 Å². The number of hydrogen-bond donors (Lipinski definition) is 4. The number of rotatable bonds is 22. The number of thioether (sulfide) groups is 6. The lowest BCUT2D eigenvalue weighted by atomic mass is 9.86. The number of aliphatic carboxylic acids is 4. The van der Waals surface area contributed by atoms with Gasteiger partial charge in [0, 0.05) is 102 Å². The predicted octanol–water partition coefficient (Wildman–Crippen LogP) is 18.1. The van der Waals surface area contributed by atoms with Gasteiger partial charge in [0.15, 0.2) is 0 Å². The first-order valence-corrected chi connectivity index (χ1v) is 39.9. The van der Waals surface area contributed by atoms with Gasteiger partial charge >= 0.3 is 23.9 Å². The molecule has 0 spiro atoms. The van der Waals surface area contributed by atoms with Crippen molar-refractivity contribution in [1.29, 1.82) is 0 Å². The van der Waals surface area contributed by atoms with Crippen molar-refractivity contribution >= 4 is 141 Å².